The molecule has 1 aromatic carbocycles. The number of anilines is 1. The van der Waals surface area contributed by atoms with E-state index >= 15 is 0 Å². The van der Waals surface area contributed by atoms with Gasteiger partial charge in [0.15, 0.2) is 6.61 Å². The van der Waals surface area contributed by atoms with Gasteiger partial charge in [0.2, 0.25) is 20.0 Å². The second kappa shape index (κ2) is 9.95. The summed E-state index contributed by atoms with van der Waals surface area (Å²) in [6.45, 7) is 1.29. The van der Waals surface area contributed by atoms with Gasteiger partial charge in [-0.15, -0.1) is 0 Å². The molecule has 0 spiro atoms. The van der Waals surface area contributed by atoms with Crippen LogP contribution in [0.1, 0.15) is 18.4 Å². The van der Waals surface area contributed by atoms with Gasteiger partial charge in [-0.25, -0.2) is 22.0 Å². The third-order valence-electron chi connectivity index (χ3n) is 5.18. The maximum absolute atomic E-state index is 12.6. The van der Waals surface area contributed by atoms with Crippen LogP contribution in [0.5, 0.6) is 0 Å². The van der Waals surface area contributed by atoms with Gasteiger partial charge in [0.25, 0.3) is 5.91 Å². The highest BCUT2D eigenvalue weighted by atomic mass is 32.2. The number of carbonyl (C=O) groups excluding carboxylic acids is 2. The zero-order valence-electron chi connectivity index (χ0n) is 17.8. The minimum atomic E-state index is -3.95. The van der Waals surface area contributed by atoms with Crippen molar-refractivity contribution in [3.8, 4) is 0 Å². The maximum atomic E-state index is 12.6. The Kier molecular flexibility index (Phi) is 7.47. The minimum Gasteiger partial charge on any atom is -0.455 e. The van der Waals surface area contributed by atoms with Gasteiger partial charge in [-0.1, -0.05) is 6.07 Å². The number of rotatable bonds is 7. The van der Waals surface area contributed by atoms with Crippen molar-refractivity contribution in [3.05, 3.63) is 48.3 Å². The second-order valence-corrected chi connectivity index (χ2v) is 11.0. The van der Waals surface area contributed by atoms with E-state index in [1.165, 1.54) is 47.0 Å². The molecule has 2 heterocycles. The molecule has 0 saturated carbocycles. The van der Waals surface area contributed by atoms with Gasteiger partial charge < -0.3 is 10.1 Å². The molecule has 3 N–H and O–H groups in total. The lowest BCUT2D eigenvalue weighted by Crippen LogP contribution is -2.41. The number of sulfonamides is 2. The molecule has 0 bridgehead atoms. The number of hydrogen-bond acceptors (Lipinski definition) is 8. The molecule has 1 aliphatic rings. The van der Waals surface area contributed by atoms with Crippen molar-refractivity contribution in [1.29, 1.82) is 0 Å². The molecule has 3 rings (SSSR count). The number of piperidine rings is 1. The highest BCUT2D eigenvalue weighted by Crippen LogP contribution is 2.24. The zero-order valence-corrected chi connectivity index (χ0v) is 19.4. The van der Waals surface area contributed by atoms with Gasteiger partial charge in [0.05, 0.1) is 10.8 Å². The highest BCUT2D eigenvalue weighted by Gasteiger charge is 2.33. The van der Waals surface area contributed by atoms with Crippen molar-refractivity contribution in [3.63, 3.8) is 0 Å². The second-order valence-electron chi connectivity index (χ2n) is 7.55. The number of nitrogens with two attached hydrogens (primary N) is 1. The van der Waals surface area contributed by atoms with E-state index in [1.54, 1.807) is 6.92 Å². The van der Waals surface area contributed by atoms with Crippen molar-refractivity contribution in [2.45, 2.75) is 29.6 Å². The summed E-state index contributed by atoms with van der Waals surface area (Å²) in [5, 5.41) is 7.61. The number of benzene rings is 1. The standard InChI is InChI=1S/C20H24N4O7S2/c1-14-4-5-16(11-18(14)32(21,27)28)23-19(25)13-31-20(26)15-6-9-24(10-7-15)33(29,30)17-3-2-8-22-12-17/h2-5,8,11-12,15H,6-7,9-10,13H2,1H3,(H,23,25)(H2,21,27,28). The van der Waals surface area contributed by atoms with E-state index in [2.05, 4.69) is 10.3 Å². The summed E-state index contributed by atoms with van der Waals surface area (Å²) in [4.78, 5) is 28.3. The number of pyridine rings is 1. The lowest BCUT2D eigenvalue weighted by Gasteiger charge is -2.29. The fourth-order valence-electron chi connectivity index (χ4n) is 3.42. The van der Waals surface area contributed by atoms with E-state index in [-0.39, 0.29) is 41.4 Å². The van der Waals surface area contributed by atoms with E-state index in [9.17, 15) is 26.4 Å². The summed E-state index contributed by atoms with van der Waals surface area (Å²) in [6, 6.07) is 7.22. The molecular formula is C20H24N4O7S2. The first-order chi connectivity index (χ1) is 15.5. The molecule has 2 aromatic rings. The normalized spacial score (nSPS) is 15.7. The molecule has 1 amide bonds. The molecule has 1 aromatic heterocycles. The van der Waals surface area contributed by atoms with Crippen LogP contribution in [0, 0.1) is 12.8 Å². The third-order valence-corrected chi connectivity index (χ3v) is 8.12. The van der Waals surface area contributed by atoms with Crippen LogP contribution < -0.4 is 10.5 Å². The molecule has 0 aliphatic carbocycles. The van der Waals surface area contributed by atoms with Crippen molar-refractivity contribution in [2.75, 3.05) is 25.0 Å². The first-order valence-corrected chi connectivity index (χ1v) is 13.0. The van der Waals surface area contributed by atoms with Gasteiger partial charge >= 0.3 is 5.97 Å². The number of nitrogens with one attached hydrogen (secondary N) is 1. The molecule has 0 radical (unpaired) electrons. The summed E-state index contributed by atoms with van der Waals surface area (Å²) in [7, 11) is -7.64. The number of amides is 1. The van der Waals surface area contributed by atoms with Crippen LogP contribution in [-0.4, -0.2) is 57.7 Å². The van der Waals surface area contributed by atoms with Crippen LogP contribution in [-0.2, 0) is 34.4 Å². The van der Waals surface area contributed by atoms with Crippen LogP contribution in [0.2, 0.25) is 0 Å². The van der Waals surface area contributed by atoms with Gasteiger partial charge in [-0.2, -0.15) is 4.31 Å². The van der Waals surface area contributed by atoms with E-state index in [1.807, 2.05) is 0 Å². The monoisotopic (exact) mass is 496 g/mol. The Morgan fingerprint density at radius 2 is 1.88 bits per heavy atom. The number of aryl methyl sites for hydroxylation is 1. The Morgan fingerprint density at radius 1 is 1.18 bits per heavy atom. The molecule has 0 unspecified atom stereocenters. The fourth-order valence-corrected chi connectivity index (χ4v) is 5.66. The van der Waals surface area contributed by atoms with Crippen molar-refractivity contribution in [1.82, 2.24) is 9.29 Å². The largest absolute Gasteiger partial charge is 0.455 e. The Labute approximate surface area is 192 Å². The molecule has 1 saturated heterocycles. The van der Waals surface area contributed by atoms with Crippen molar-refractivity contribution < 1.29 is 31.2 Å². The molecule has 1 fully saturated rings. The number of nitrogens with zero attached hydrogens (tertiary/aromatic N) is 2. The zero-order chi connectivity index (χ0) is 24.2. The van der Waals surface area contributed by atoms with Crippen LogP contribution in [0.4, 0.5) is 5.69 Å². The van der Waals surface area contributed by atoms with E-state index in [0.717, 1.165) is 0 Å². The van der Waals surface area contributed by atoms with Crippen molar-refractivity contribution >= 4 is 37.6 Å². The summed E-state index contributed by atoms with van der Waals surface area (Å²) in [6.07, 6.45) is 3.27. The SMILES string of the molecule is Cc1ccc(NC(=O)COC(=O)C2CCN(S(=O)(=O)c3cccnc3)CC2)cc1S(N)(=O)=O. The van der Waals surface area contributed by atoms with Crippen molar-refractivity contribution in [2.24, 2.45) is 11.1 Å². The van der Waals surface area contributed by atoms with Gasteiger partial charge in [0, 0.05) is 31.2 Å². The minimum absolute atomic E-state index is 0.0874. The maximum Gasteiger partial charge on any atom is 0.309 e. The topological polar surface area (TPSA) is 166 Å². The smallest absolute Gasteiger partial charge is 0.309 e. The lowest BCUT2D eigenvalue weighted by atomic mass is 9.98. The first-order valence-electron chi connectivity index (χ1n) is 9.98. The van der Waals surface area contributed by atoms with Crippen LogP contribution in [0.15, 0.2) is 52.5 Å². The summed E-state index contributed by atoms with van der Waals surface area (Å²) in [5.41, 5.74) is 0.624. The lowest BCUT2D eigenvalue weighted by molar-refractivity contribution is -0.152. The number of carbonyl (C=O) groups is 2. The quantitative estimate of drug-likeness (QED) is 0.526. The first kappa shape index (κ1) is 24.8. The molecule has 0 atom stereocenters. The molecular weight excluding hydrogens is 472 g/mol. The molecule has 11 nitrogen and oxygen atoms in total. The third kappa shape index (κ3) is 6.13. The number of esters is 1. The van der Waals surface area contributed by atoms with Crippen LogP contribution in [0.25, 0.3) is 0 Å². The summed E-state index contributed by atoms with van der Waals surface area (Å²) in [5.74, 6) is -1.78. The van der Waals surface area contributed by atoms with Crippen LogP contribution in [0.3, 0.4) is 0 Å². The molecule has 178 valence electrons. The van der Waals surface area contributed by atoms with Gasteiger partial charge in [0.1, 0.15) is 4.90 Å². The number of hydrogen-bond donors (Lipinski definition) is 2. The Hall–Kier alpha value is -2.87. The van der Waals surface area contributed by atoms with E-state index < -0.39 is 44.4 Å². The summed E-state index contributed by atoms with van der Waals surface area (Å²) >= 11 is 0. The average Bonchev–Trinajstić information content (AvgIpc) is 2.78. The van der Waals surface area contributed by atoms with Crippen LogP contribution >= 0.6 is 0 Å². The molecule has 33 heavy (non-hydrogen) atoms. The summed E-state index contributed by atoms with van der Waals surface area (Å²) < 4.78 is 54.8. The van der Waals surface area contributed by atoms with Gasteiger partial charge in [-0.3, -0.25) is 14.6 Å². The highest BCUT2D eigenvalue weighted by molar-refractivity contribution is 7.89. The Balaban J connectivity index is 1.50. The fraction of sp³-hybridized carbons (Fsp3) is 0.350. The number of ether oxygens (including phenoxy) is 1. The number of aromatic nitrogens is 1. The molecule has 13 heteroatoms. The Bertz CT molecular complexity index is 1240. The predicted octanol–water partition coefficient (Wildman–Crippen LogP) is 0.620. The number of primary sulfonamides is 1. The molecule has 1 aliphatic heterocycles. The van der Waals surface area contributed by atoms with E-state index in [4.69, 9.17) is 9.88 Å². The van der Waals surface area contributed by atoms with E-state index in [0.29, 0.717) is 5.56 Å². The van der Waals surface area contributed by atoms with Gasteiger partial charge in [-0.05, 0) is 49.6 Å². The Morgan fingerprint density at radius 3 is 2.48 bits per heavy atom. The average molecular weight is 497 g/mol. The predicted molar refractivity (Wildman–Crippen MR) is 118 cm³/mol.